The van der Waals surface area contributed by atoms with Gasteiger partial charge in [-0.15, -0.1) is 0 Å². The van der Waals surface area contributed by atoms with Gasteiger partial charge in [-0.3, -0.25) is 0 Å². The van der Waals surface area contributed by atoms with Gasteiger partial charge in [0, 0.05) is 13.2 Å². The number of rotatable bonds is 8. The first-order chi connectivity index (χ1) is 8.89. The third-order valence-corrected chi connectivity index (χ3v) is 2.65. The van der Waals surface area contributed by atoms with Crippen LogP contribution in [0.2, 0.25) is 0 Å². The van der Waals surface area contributed by atoms with Crippen LogP contribution in [-0.2, 0) is 0 Å². The topological polar surface area (TPSA) is 44.3 Å². The standard InChI is InChI=1S/C7H17NO.C7H17N.C2H6/c1-7(2,4-5-9)6-8-3;1-7(2)5-4-6-8-3;1-2/h8-9H,4-6H2,1-3H3;7-8H,4-6H2,1-3H3;1-2H3. The van der Waals surface area contributed by atoms with Gasteiger partial charge in [-0.25, -0.2) is 0 Å². The number of aliphatic hydroxyl groups is 1. The fraction of sp³-hybridized carbons (Fsp3) is 1.00. The minimum Gasteiger partial charge on any atom is -0.396 e. The molecule has 0 spiro atoms. The van der Waals surface area contributed by atoms with Gasteiger partial charge >= 0.3 is 0 Å². The molecule has 19 heavy (non-hydrogen) atoms. The summed E-state index contributed by atoms with van der Waals surface area (Å²) in [5, 5.41) is 14.8. The molecule has 0 aliphatic heterocycles. The van der Waals surface area contributed by atoms with E-state index in [-0.39, 0.29) is 12.0 Å². The molecule has 3 N–H and O–H groups in total. The van der Waals surface area contributed by atoms with Crippen LogP contribution in [0.25, 0.3) is 0 Å². The van der Waals surface area contributed by atoms with Gasteiger partial charge in [0.1, 0.15) is 0 Å². The third-order valence-electron chi connectivity index (χ3n) is 2.65. The van der Waals surface area contributed by atoms with Gasteiger partial charge in [0.2, 0.25) is 0 Å². The fourth-order valence-corrected chi connectivity index (χ4v) is 1.56. The van der Waals surface area contributed by atoms with E-state index in [1.807, 2.05) is 27.9 Å². The molecule has 0 atom stereocenters. The maximum atomic E-state index is 8.60. The quantitative estimate of drug-likeness (QED) is 0.596. The molecule has 0 aromatic heterocycles. The van der Waals surface area contributed by atoms with Crippen molar-refractivity contribution in [1.29, 1.82) is 0 Å². The van der Waals surface area contributed by atoms with Crippen LogP contribution >= 0.6 is 0 Å². The van der Waals surface area contributed by atoms with Gasteiger partial charge in [0.05, 0.1) is 0 Å². The van der Waals surface area contributed by atoms with Crippen LogP contribution in [0.15, 0.2) is 0 Å². The predicted octanol–water partition coefficient (Wildman–Crippen LogP) is 3.28. The van der Waals surface area contributed by atoms with Crippen LogP contribution in [0.4, 0.5) is 0 Å². The van der Waals surface area contributed by atoms with E-state index >= 15 is 0 Å². The van der Waals surface area contributed by atoms with Crippen molar-refractivity contribution in [3.05, 3.63) is 0 Å². The van der Waals surface area contributed by atoms with E-state index in [9.17, 15) is 0 Å². The van der Waals surface area contributed by atoms with Crippen molar-refractivity contribution in [2.75, 3.05) is 33.8 Å². The summed E-state index contributed by atoms with van der Waals surface area (Å²) < 4.78 is 0. The van der Waals surface area contributed by atoms with E-state index in [2.05, 4.69) is 38.3 Å². The van der Waals surface area contributed by atoms with Gasteiger partial charge < -0.3 is 15.7 Å². The van der Waals surface area contributed by atoms with Crippen molar-refractivity contribution in [3.8, 4) is 0 Å². The van der Waals surface area contributed by atoms with E-state index < -0.39 is 0 Å². The van der Waals surface area contributed by atoms with Crippen LogP contribution in [-0.4, -0.2) is 38.9 Å². The van der Waals surface area contributed by atoms with Gasteiger partial charge in [0.25, 0.3) is 0 Å². The second kappa shape index (κ2) is 17.9. The molecule has 0 rings (SSSR count). The van der Waals surface area contributed by atoms with Crippen LogP contribution in [0.5, 0.6) is 0 Å². The Labute approximate surface area is 122 Å². The minimum absolute atomic E-state index is 0.240. The first kappa shape index (κ1) is 23.9. The third kappa shape index (κ3) is 27.2. The van der Waals surface area contributed by atoms with Crippen LogP contribution in [0, 0.1) is 11.3 Å². The van der Waals surface area contributed by atoms with Crippen molar-refractivity contribution >= 4 is 0 Å². The van der Waals surface area contributed by atoms with E-state index in [4.69, 9.17) is 5.11 Å². The lowest BCUT2D eigenvalue weighted by molar-refractivity contribution is 0.210. The highest BCUT2D eigenvalue weighted by molar-refractivity contribution is 4.69. The Kier molecular flexibility index (Phi) is 22.5. The molecular formula is C16H40N2O. The summed E-state index contributed by atoms with van der Waals surface area (Å²) in [5.41, 5.74) is 0.240. The van der Waals surface area contributed by atoms with Crippen LogP contribution in [0.3, 0.4) is 0 Å². The molecule has 0 saturated heterocycles. The number of hydrogen-bond acceptors (Lipinski definition) is 3. The number of nitrogens with one attached hydrogen (secondary N) is 2. The summed E-state index contributed by atoms with van der Waals surface area (Å²) >= 11 is 0. The zero-order valence-electron chi connectivity index (χ0n) is 14.8. The fourth-order valence-electron chi connectivity index (χ4n) is 1.56. The molecule has 0 radical (unpaired) electrons. The molecule has 0 amide bonds. The van der Waals surface area contributed by atoms with Crippen LogP contribution < -0.4 is 10.6 Å². The first-order valence-corrected chi connectivity index (χ1v) is 7.79. The molecule has 0 unspecified atom stereocenters. The summed E-state index contributed by atoms with van der Waals surface area (Å²) in [5.74, 6) is 0.864. The molecule has 0 fully saturated rings. The van der Waals surface area contributed by atoms with Crippen molar-refractivity contribution in [2.24, 2.45) is 11.3 Å². The Morgan fingerprint density at radius 3 is 1.89 bits per heavy atom. The average Bonchev–Trinajstić information content (AvgIpc) is 2.32. The van der Waals surface area contributed by atoms with E-state index in [1.165, 1.54) is 12.8 Å². The Balaban J connectivity index is -0.000000239. The molecule has 3 heteroatoms. The number of hydrogen-bond donors (Lipinski definition) is 3. The highest BCUT2D eigenvalue weighted by Crippen LogP contribution is 2.17. The van der Waals surface area contributed by atoms with Crippen LogP contribution in [0.1, 0.15) is 60.8 Å². The number of aliphatic hydroxyl groups excluding tert-OH is 1. The summed E-state index contributed by atoms with van der Waals surface area (Å²) in [7, 11) is 3.93. The lowest BCUT2D eigenvalue weighted by atomic mass is 9.90. The normalized spacial score (nSPS) is 10.4. The van der Waals surface area contributed by atoms with Crippen molar-refractivity contribution in [1.82, 2.24) is 10.6 Å². The molecule has 120 valence electrons. The molecular weight excluding hydrogens is 236 g/mol. The summed E-state index contributed by atoms with van der Waals surface area (Å²) in [4.78, 5) is 0. The molecule has 0 bridgehead atoms. The predicted molar refractivity (Wildman–Crippen MR) is 88.8 cm³/mol. The van der Waals surface area contributed by atoms with Gasteiger partial charge in [-0.1, -0.05) is 41.5 Å². The maximum absolute atomic E-state index is 8.60. The molecule has 0 aromatic carbocycles. The lowest BCUT2D eigenvalue weighted by Crippen LogP contribution is -2.27. The van der Waals surface area contributed by atoms with Crippen molar-refractivity contribution in [3.63, 3.8) is 0 Å². The molecule has 3 nitrogen and oxygen atoms in total. The molecule has 0 aliphatic rings. The molecule has 0 aromatic rings. The summed E-state index contributed by atoms with van der Waals surface area (Å²) in [6.07, 6.45) is 3.53. The van der Waals surface area contributed by atoms with Crippen molar-refractivity contribution in [2.45, 2.75) is 60.8 Å². The second-order valence-corrected chi connectivity index (χ2v) is 5.81. The lowest BCUT2D eigenvalue weighted by Gasteiger charge is -2.22. The average molecular weight is 277 g/mol. The van der Waals surface area contributed by atoms with E-state index in [0.29, 0.717) is 0 Å². The largest absolute Gasteiger partial charge is 0.396 e. The van der Waals surface area contributed by atoms with Gasteiger partial charge in [-0.2, -0.15) is 0 Å². The molecule has 0 saturated carbocycles. The SMILES string of the molecule is CC.CNCC(C)(C)CCO.CNCCCC(C)C. The van der Waals surface area contributed by atoms with E-state index in [0.717, 1.165) is 25.4 Å². The smallest absolute Gasteiger partial charge is 0.0436 e. The Morgan fingerprint density at radius 2 is 1.58 bits per heavy atom. The minimum atomic E-state index is 0.240. The Hall–Kier alpha value is -0.120. The van der Waals surface area contributed by atoms with Gasteiger partial charge in [0.15, 0.2) is 0 Å². The second-order valence-electron chi connectivity index (χ2n) is 5.81. The molecule has 0 heterocycles. The van der Waals surface area contributed by atoms with Crippen molar-refractivity contribution < 1.29 is 5.11 Å². The monoisotopic (exact) mass is 276 g/mol. The Morgan fingerprint density at radius 1 is 1.05 bits per heavy atom. The maximum Gasteiger partial charge on any atom is 0.0436 e. The Bertz CT molecular complexity index is 140. The first-order valence-electron chi connectivity index (χ1n) is 7.79. The summed E-state index contributed by atoms with van der Waals surface area (Å²) in [6, 6.07) is 0. The highest BCUT2D eigenvalue weighted by Gasteiger charge is 2.14. The highest BCUT2D eigenvalue weighted by atomic mass is 16.3. The zero-order valence-corrected chi connectivity index (χ0v) is 14.8. The van der Waals surface area contributed by atoms with E-state index in [1.54, 1.807) is 0 Å². The summed E-state index contributed by atoms with van der Waals surface area (Å²) in [6.45, 7) is 15.2. The zero-order chi connectivity index (χ0) is 15.7. The molecule has 0 aliphatic carbocycles. The van der Waals surface area contributed by atoms with Gasteiger partial charge in [-0.05, 0) is 51.2 Å².